The Balaban J connectivity index is 2.66. The average Bonchev–Trinajstić information content (AvgIpc) is 2.28. The molecule has 0 saturated heterocycles. The maximum Gasteiger partial charge on any atom is 0.141 e. The van der Waals surface area contributed by atoms with Crippen LogP contribution >= 0.6 is 0 Å². The lowest BCUT2D eigenvalue weighted by atomic mass is 10.0. The van der Waals surface area contributed by atoms with Gasteiger partial charge in [0.15, 0.2) is 0 Å². The van der Waals surface area contributed by atoms with E-state index in [2.05, 4.69) is 4.98 Å². The molecule has 4 heteroatoms. The lowest BCUT2D eigenvalue weighted by molar-refractivity contribution is 0.475. The first-order valence-electron chi connectivity index (χ1n) is 4.66. The van der Waals surface area contributed by atoms with Crippen molar-refractivity contribution in [2.45, 2.75) is 0 Å². The van der Waals surface area contributed by atoms with Gasteiger partial charge in [0.2, 0.25) is 0 Å². The molecule has 0 aliphatic carbocycles. The van der Waals surface area contributed by atoms with Gasteiger partial charge in [0, 0.05) is 11.8 Å². The Hall–Kier alpha value is -2.54. The summed E-state index contributed by atoms with van der Waals surface area (Å²) in [4.78, 5) is 3.85. The van der Waals surface area contributed by atoms with E-state index in [4.69, 9.17) is 11.0 Å². The normalized spacial score (nSPS) is 9.69. The van der Waals surface area contributed by atoms with Gasteiger partial charge in [-0.1, -0.05) is 12.1 Å². The second-order valence-corrected chi connectivity index (χ2v) is 3.28. The van der Waals surface area contributed by atoms with E-state index in [9.17, 15) is 5.11 Å². The van der Waals surface area contributed by atoms with Crippen molar-refractivity contribution in [3.05, 3.63) is 42.1 Å². The van der Waals surface area contributed by atoms with E-state index in [0.717, 1.165) is 5.56 Å². The quantitative estimate of drug-likeness (QED) is 0.754. The number of hydrogen-bond acceptors (Lipinski definition) is 4. The fourth-order valence-corrected chi connectivity index (χ4v) is 1.51. The molecule has 78 valence electrons. The molecule has 4 nitrogen and oxygen atoms in total. The highest BCUT2D eigenvalue weighted by Gasteiger charge is 2.08. The van der Waals surface area contributed by atoms with Crippen molar-refractivity contribution in [2.24, 2.45) is 0 Å². The number of phenols is 1. The number of nitrogens with two attached hydrogens (primary N) is 1. The fourth-order valence-electron chi connectivity index (χ4n) is 1.51. The van der Waals surface area contributed by atoms with Gasteiger partial charge >= 0.3 is 0 Å². The summed E-state index contributed by atoms with van der Waals surface area (Å²) in [6, 6.07) is 10.4. The highest BCUT2D eigenvalue weighted by atomic mass is 16.3. The third-order valence-corrected chi connectivity index (χ3v) is 2.25. The molecular weight excluding hydrogens is 202 g/mol. The number of nitriles is 1. The van der Waals surface area contributed by atoms with E-state index in [1.807, 2.05) is 6.07 Å². The number of aromatic hydroxyl groups is 1. The van der Waals surface area contributed by atoms with Gasteiger partial charge in [-0.05, 0) is 23.8 Å². The monoisotopic (exact) mass is 211 g/mol. The van der Waals surface area contributed by atoms with Gasteiger partial charge in [-0.3, -0.25) is 0 Å². The molecule has 2 aromatic rings. The third kappa shape index (κ3) is 1.66. The topological polar surface area (TPSA) is 82.9 Å². The summed E-state index contributed by atoms with van der Waals surface area (Å²) in [7, 11) is 0. The molecule has 0 spiro atoms. The fraction of sp³-hybridized carbons (Fsp3) is 0. The second kappa shape index (κ2) is 3.91. The van der Waals surface area contributed by atoms with Crippen molar-refractivity contribution in [3.8, 4) is 22.9 Å². The molecular formula is C12H9N3O. The smallest absolute Gasteiger partial charge is 0.141 e. The Morgan fingerprint density at radius 3 is 2.81 bits per heavy atom. The maximum absolute atomic E-state index is 9.38. The molecule has 16 heavy (non-hydrogen) atoms. The third-order valence-electron chi connectivity index (χ3n) is 2.25. The van der Waals surface area contributed by atoms with E-state index >= 15 is 0 Å². The summed E-state index contributed by atoms with van der Waals surface area (Å²) in [6.45, 7) is 0. The maximum atomic E-state index is 9.38. The molecule has 0 aliphatic heterocycles. The summed E-state index contributed by atoms with van der Waals surface area (Å²) < 4.78 is 0. The number of pyridine rings is 1. The summed E-state index contributed by atoms with van der Waals surface area (Å²) in [5.74, 6) is 0.347. The van der Waals surface area contributed by atoms with Crippen LogP contribution in [0.15, 0.2) is 36.5 Å². The van der Waals surface area contributed by atoms with Crippen LogP contribution in [0.2, 0.25) is 0 Å². The molecule has 0 bridgehead atoms. The zero-order valence-electron chi connectivity index (χ0n) is 8.38. The summed E-state index contributed by atoms with van der Waals surface area (Å²) in [6.07, 6.45) is 1.54. The molecule has 0 radical (unpaired) electrons. The lowest BCUT2D eigenvalue weighted by Gasteiger charge is -2.05. The minimum absolute atomic E-state index is 0.150. The van der Waals surface area contributed by atoms with Crippen molar-refractivity contribution in [3.63, 3.8) is 0 Å². The first kappa shape index (κ1) is 9.99. The van der Waals surface area contributed by atoms with Crippen molar-refractivity contribution in [1.29, 1.82) is 5.26 Å². The van der Waals surface area contributed by atoms with Gasteiger partial charge in [0.05, 0.1) is 0 Å². The van der Waals surface area contributed by atoms with E-state index < -0.39 is 0 Å². The number of nitrogens with zero attached hydrogens (tertiary/aromatic N) is 2. The van der Waals surface area contributed by atoms with Crippen LogP contribution in [0.5, 0.6) is 5.75 Å². The van der Waals surface area contributed by atoms with Gasteiger partial charge in [0.1, 0.15) is 23.2 Å². The summed E-state index contributed by atoms with van der Waals surface area (Å²) >= 11 is 0. The number of hydrogen-bond donors (Lipinski definition) is 2. The Kier molecular flexibility index (Phi) is 2.44. The zero-order valence-corrected chi connectivity index (χ0v) is 8.38. The molecule has 1 aromatic heterocycles. The van der Waals surface area contributed by atoms with Crippen molar-refractivity contribution >= 4 is 5.82 Å². The molecule has 0 aliphatic rings. The van der Waals surface area contributed by atoms with E-state index in [0.29, 0.717) is 11.1 Å². The number of phenolic OH excluding ortho intramolecular Hbond substituents is 1. The zero-order chi connectivity index (χ0) is 11.5. The molecule has 0 unspecified atom stereocenters. The molecule has 2 rings (SSSR count). The Morgan fingerprint density at radius 2 is 2.12 bits per heavy atom. The first-order chi connectivity index (χ1) is 7.72. The lowest BCUT2D eigenvalue weighted by Crippen LogP contribution is -1.96. The van der Waals surface area contributed by atoms with E-state index in [1.165, 1.54) is 6.20 Å². The van der Waals surface area contributed by atoms with Crippen molar-refractivity contribution < 1.29 is 5.11 Å². The molecule has 0 atom stereocenters. The van der Waals surface area contributed by atoms with Crippen LogP contribution in [-0.2, 0) is 0 Å². The number of nitrogen functional groups attached to an aromatic ring is 1. The van der Waals surface area contributed by atoms with Crippen LogP contribution in [0.25, 0.3) is 11.1 Å². The molecule has 0 fully saturated rings. The largest absolute Gasteiger partial charge is 0.508 e. The SMILES string of the molecule is N#Cc1c(-c2cccc(O)c2)ccnc1N. The van der Waals surface area contributed by atoms with Crippen LogP contribution in [0.1, 0.15) is 5.56 Å². The highest BCUT2D eigenvalue weighted by Crippen LogP contribution is 2.27. The van der Waals surface area contributed by atoms with Gasteiger partial charge in [-0.15, -0.1) is 0 Å². The highest BCUT2D eigenvalue weighted by molar-refractivity contribution is 5.75. The number of benzene rings is 1. The van der Waals surface area contributed by atoms with E-state index in [1.54, 1.807) is 30.3 Å². The van der Waals surface area contributed by atoms with E-state index in [-0.39, 0.29) is 11.6 Å². The predicted molar refractivity (Wildman–Crippen MR) is 60.5 cm³/mol. The second-order valence-electron chi connectivity index (χ2n) is 3.28. The first-order valence-corrected chi connectivity index (χ1v) is 4.66. The molecule has 1 aromatic carbocycles. The minimum Gasteiger partial charge on any atom is -0.508 e. The van der Waals surface area contributed by atoms with Gasteiger partial charge < -0.3 is 10.8 Å². The van der Waals surface area contributed by atoms with Crippen LogP contribution < -0.4 is 5.73 Å². The Morgan fingerprint density at radius 1 is 1.31 bits per heavy atom. The number of anilines is 1. The van der Waals surface area contributed by atoms with Gasteiger partial charge in [-0.25, -0.2) is 4.98 Å². The van der Waals surface area contributed by atoms with Gasteiger partial charge in [0.25, 0.3) is 0 Å². The Labute approximate surface area is 92.6 Å². The standard InChI is InChI=1S/C12H9N3O/c13-7-11-10(4-5-15-12(11)14)8-2-1-3-9(16)6-8/h1-6,16H,(H2,14,15). The van der Waals surface area contributed by atoms with Crippen molar-refractivity contribution in [2.75, 3.05) is 5.73 Å². The average molecular weight is 211 g/mol. The minimum atomic E-state index is 0.150. The van der Waals surface area contributed by atoms with Crippen LogP contribution in [0.3, 0.4) is 0 Å². The molecule has 0 amide bonds. The summed E-state index contributed by atoms with van der Waals surface area (Å²) in [5, 5.41) is 18.4. The van der Waals surface area contributed by atoms with Crippen LogP contribution in [-0.4, -0.2) is 10.1 Å². The predicted octanol–water partition coefficient (Wildman–Crippen LogP) is 1.91. The van der Waals surface area contributed by atoms with Gasteiger partial charge in [-0.2, -0.15) is 5.26 Å². The molecule has 3 N–H and O–H groups in total. The van der Waals surface area contributed by atoms with Crippen molar-refractivity contribution in [1.82, 2.24) is 4.98 Å². The number of aromatic nitrogens is 1. The molecule has 0 saturated carbocycles. The van der Waals surface area contributed by atoms with Crippen LogP contribution in [0, 0.1) is 11.3 Å². The van der Waals surface area contributed by atoms with Crippen LogP contribution in [0.4, 0.5) is 5.82 Å². The summed E-state index contributed by atoms with van der Waals surface area (Å²) in [5.41, 5.74) is 7.35. The molecule has 1 heterocycles. The number of rotatable bonds is 1. The Bertz CT molecular complexity index is 573.